The smallest absolute Gasteiger partial charge is 0.339 e. The molecule has 0 saturated heterocycles. The van der Waals surface area contributed by atoms with E-state index in [2.05, 4.69) is 12.1 Å². The maximum absolute atomic E-state index is 14.8. The summed E-state index contributed by atoms with van der Waals surface area (Å²) >= 11 is 0. The first-order chi connectivity index (χ1) is 22.0. The predicted molar refractivity (Wildman–Crippen MR) is 176 cm³/mol. The Morgan fingerprint density at radius 3 is 1.61 bits per heavy atom. The van der Waals surface area contributed by atoms with E-state index in [4.69, 9.17) is 4.18 Å². The number of hydrogen-bond donors (Lipinski definition) is 1. The fraction of sp³-hybridized carbons (Fsp3) is 0.684. The van der Waals surface area contributed by atoms with E-state index in [-0.39, 0.29) is 21.5 Å². The van der Waals surface area contributed by atoms with Crippen LogP contribution >= 0.6 is 0 Å². The van der Waals surface area contributed by atoms with Gasteiger partial charge in [-0.05, 0) is 184 Å². The average molecular weight is 665 g/mol. The van der Waals surface area contributed by atoms with Crippen LogP contribution in [0.4, 0.5) is 0 Å². The molecule has 0 amide bonds. The van der Waals surface area contributed by atoms with Gasteiger partial charge >= 0.3 is 10.1 Å². The molecular formula is C38H48O6S2. The standard InChI is InChI=1S/C38H48O6S2/c39-45(40,41)35-10-9-34(31-5-3-1-2-4-6-32(31)35)44-46(42,43)36-17-30(37-18-24-11-25(19-37)13-26(12-24)20-37)7-8-33(36)38-21-27-14-28(22-38)16-29(15-27)23-38/h7-10,17,24-29H,1-6,11-16,18-23H2,(H,39,40,41). The Labute approximate surface area is 275 Å². The highest BCUT2D eigenvalue weighted by Gasteiger charge is 2.55. The van der Waals surface area contributed by atoms with Gasteiger partial charge in [-0.2, -0.15) is 16.8 Å². The zero-order valence-electron chi connectivity index (χ0n) is 26.9. The van der Waals surface area contributed by atoms with Crippen LogP contribution in [0.3, 0.4) is 0 Å². The van der Waals surface area contributed by atoms with Gasteiger partial charge in [0.25, 0.3) is 10.1 Å². The van der Waals surface area contributed by atoms with Crippen molar-refractivity contribution in [1.29, 1.82) is 0 Å². The van der Waals surface area contributed by atoms with E-state index in [1.807, 2.05) is 6.07 Å². The Kier molecular flexibility index (Phi) is 6.92. The molecule has 2 aromatic rings. The number of benzene rings is 2. The van der Waals surface area contributed by atoms with Crippen LogP contribution < -0.4 is 4.18 Å². The summed E-state index contributed by atoms with van der Waals surface area (Å²) in [6, 6.07) is 9.38. The van der Waals surface area contributed by atoms with Crippen molar-refractivity contribution in [1.82, 2.24) is 0 Å². The summed E-state index contributed by atoms with van der Waals surface area (Å²) in [5.74, 6) is 4.53. The maximum atomic E-state index is 14.8. The molecule has 0 heterocycles. The molecule has 9 aliphatic rings. The second-order valence-corrected chi connectivity index (χ2v) is 20.0. The largest absolute Gasteiger partial charge is 0.379 e. The van der Waals surface area contributed by atoms with Gasteiger partial charge in [-0.15, -0.1) is 0 Å². The third kappa shape index (κ3) is 4.93. The van der Waals surface area contributed by atoms with Crippen molar-refractivity contribution in [3.8, 4) is 5.75 Å². The predicted octanol–water partition coefficient (Wildman–Crippen LogP) is 8.30. The fourth-order valence-electron chi connectivity index (χ4n) is 13.0. The van der Waals surface area contributed by atoms with E-state index < -0.39 is 20.2 Å². The molecule has 9 aliphatic carbocycles. The highest BCUT2D eigenvalue weighted by atomic mass is 32.2. The molecular weight excluding hydrogens is 617 g/mol. The van der Waals surface area contributed by atoms with Crippen molar-refractivity contribution in [2.24, 2.45) is 35.5 Å². The van der Waals surface area contributed by atoms with Crippen LogP contribution in [0.15, 0.2) is 40.1 Å². The molecule has 46 heavy (non-hydrogen) atoms. The van der Waals surface area contributed by atoms with Crippen molar-refractivity contribution >= 4 is 20.2 Å². The summed E-state index contributed by atoms with van der Waals surface area (Å²) in [7, 11) is -8.70. The molecule has 8 saturated carbocycles. The summed E-state index contributed by atoms with van der Waals surface area (Å²) < 4.78 is 70.7. The van der Waals surface area contributed by atoms with Crippen LogP contribution in [-0.4, -0.2) is 21.4 Å². The van der Waals surface area contributed by atoms with Crippen molar-refractivity contribution in [2.75, 3.05) is 0 Å². The summed E-state index contributed by atoms with van der Waals surface area (Å²) in [4.78, 5) is 0.244. The highest BCUT2D eigenvalue weighted by Crippen LogP contribution is 2.63. The van der Waals surface area contributed by atoms with Gasteiger partial charge in [-0.25, -0.2) is 0 Å². The lowest BCUT2D eigenvalue weighted by molar-refractivity contribution is -0.00808. The van der Waals surface area contributed by atoms with Gasteiger partial charge in [0.15, 0.2) is 0 Å². The first kappa shape index (κ1) is 30.2. The average Bonchev–Trinajstić information content (AvgIpc) is 2.95. The van der Waals surface area contributed by atoms with Crippen LogP contribution in [-0.2, 0) is 43.9 Å². The lowest BCUT2D eigenvalue weighted by atomic mass is 9.47. The Balaban J connectivity index is 1.17. The third-order valence-electron chi connectivity index (χ3n) is 13.9. The molecule has 8 fully saturated rings. The molecule has 0 radical (unpaired) electrons. The Hall–Kier alpha value is -1.90. The molecule has 11 rings (SSSR count). The van der Waals surface area contributed by atoms with Crippen LogP contribution in [0.25, 0.3) is 0 Å². The number of hydrogen-bond acceptors (Lipinski definition) is 5. The fourth-order valence-corrected chi connectivity index (χ4v) is 15.1. The molecule has 1 N–H and O–H groups in total. The van der Waals surface area contributed by atoms with E-state index in [9.17, 15) is 21.4 Å². The van der Waals surface area contributed by atoms with E-state index in [0.29, 0.717) is 46.6 Å². The summed E-state index contributed by atoms with van der Waals surface area (Å²) in [5.41, 5.74) is 3.23. The quantitative estimate of drug-likeness (QED) is 0.247. The van der Waals surface area contributed by atoms with E-state index in [0.717, 1.165) is 68.3 Å². The molecule has 0 spiro atoms. The molecule has 0 unspecified atom stereocenters. The first-order valence-corrected chi connectivity index (χ1v) is 21.1. The maximum Gasteiger partial charge on any atom is 0.339 e. The topological polar surface area (TPSA) is 97.7 Å². The van der Waals surface area contributed by atoms with Gasteiger partial charge in [-0.3, -0.25) is 4.55 Å². The monoisotopic (exact) mass is 664 g/mol. The van der Waals surface area contributed by atoms with Crippen LogP contribution in [0.1, 0.15) is 125 Å². The van der Waals surface area contributed by atoms with E-state index in [1.54, 1.807) is 0 Å². The molecule has 0 aliphatic heterocycles. The second-order valence-electron chi connectivity index (χ2n) is 17.1. The van der Waals surface area contributed by atoms with Gasteiger partial charge in [0.1, 0.15) is 10.6 Å². The highest BCUT2D eigenvalue weighted by molar-refractivity contribution is 7.87. The molecule has 0 aromatic heterocycles. The number of fused-ring (bicyclic) bond motifs is 1. The molecule has 248 valence electrons. The molecule has 2 aromatic carbocycles. The van der Waals surface area contributed by atoms with Gasteiger partial charge in [-0.1, -0.05) is 25.0 Å². The second kappa shape index (κ2) is 10.5. The normalized spacial score (nSPS) is 37.9. The summed E-state index contributed by atoms with van der Waals surface area (Å²) in [6.45, 7) is 0. The van der Waals surface area contributed by atoms with Gasteiger partial charge in [0.05, 0.1) is 4.90 Å². The van der Waals surface area contributed by atoms with Crippen LogP contribution in [0.5, 0.6) is 5.75 Å². The first-order valence-electron chi connectivity index (χ1n) is 18.2. The third-order valence-corrected chi connectivity index (χ3v) is 16.2. The Morgan fingerprint density at radius 2 is 1.09 bits per heavy atom. The van der Waals surface area contributed by atoms with Crippen molar-refractivity contribution < 1.29 is 25.6 Å². The molecule has 8 heteroatoms. The Bertz CT molecular complexity index is 1720. The van der Waals surface area contributed by atoms with Gasteiger partial charge < -0.3 is 4.18 Å². The molecule has 6 nitrogen and oxygen atoms in total. The van der Waals surface area contributed by atoms with Crippen molar-refractivity contribution in [3.63, 3.8) is 0 Å². The van der Waals surface area contributed by atoms with Crippen LogP contribution in [0, 0.1) is 35.5 Å². The SMILES string of the molecule is O=S(=O)(O)c1ccc(OS(=O)(=O)c2cc(C34CC5CC(CC(C5)C3)C4)ccc2C23CC4CC(CC(C4)C2)C3)c2c1CCCCCC2. The minimum atomic E-state index is -4.45. The molecule has 8 bridgehead atoms. The summed E-state index contributed by atoms with van der Waals surface area (Å²) in [6.07, 6.45) is 19.1. The lowest BCUT2D eigenvalue weighted by Gasteiger charge is -2.58. The van der Waals surface area contributed by atoms with Crippen molar-refractivity contribution in [3.05, 3.63) is 52.6 Å². The Morgan fingerprint density at radius 1 is 0.587 bits per heavy atom. The molecule has 0 atom stereocenters. The van der Waals surface area contributed by atoms with Crippen LogP contribution in [0.2, 0.25) is 0 Å². The zero-order chi connectivity index (χ0) is 31.5. The minimum Gasteiger partial charge on any atom is -0.379 e. The number of rotatable bonds is 6. The van der Waals surface area contributed by atoms with Gasteiger partial charge in [0, 0.05) is 5.56 Å². The summed E-state index contributed by atoms with van der Waals surface area (Å²) in [5, 5.41) is 0. The van der Waals surface area contributed by atoms with E-state index in [1.165, 1.54) is 75.5 Å². The zero-order valence-corrected chi connectivity index (χ0v) is 28.5. The van der Waals surface area contributed by atoms with Gasteiger partial charge in [0.2, 0.25) is 0 Å². The minimum absolute atomic E-state index is 0.0610. The van der Waals surface area contributed by atoms with E-state index >= 15 is 0 Å². The lowest BCUT2D eigenvalue weighted by Crippen LogP contribution is -2.50. The van der Waals surface area contributed by atoms with Crippen molar-refractivity contribution in [2.45, 2.75) is 136 Å².